The zero-order chi connectivity index (χ0) is 15.4. The van der Waals surface area contributed by atoms with Crippen LogP contribution in [0.4, 0.5) is 5.69 Å². The largest absolute Gasteiger partial charge is 0.478 e. The highest BCUT2D eigenvalue weighted by atomic mass is 79.9. The highest BCUT2D eigenvalue weighted by Crippen LogP contribution is 2.34. The maximum absolute atomic E-state index is 10.6. The molecule has 3 nitrogen and oxygen atoms in total. The van der Waals surface area contributed by atoms with Crippen LogP contribution in [0.5, 0.6) is 0 Å². The first kappa shape index (κ1) is 16.1. The smallest absolute Gasteiger partial charge is 0.328 e. The number of nitrogens with zero attached hydrogens (tertiary/aromatic N) is 1. The molecule has 1 N–H and O–H groups in total. The van der Waals surface area contributed by atoms with E-state index in [9.17, 15) is 4.79 Å². The van der Waals surface area contributed by atoms with Crippen molar-refractivity contribution < 1.29 is 9.90 Å². The van der Waals surface area contributed by atoms with E-state index in [0.717, 1.165) is 16.1 Å². The van der Waals surface area contributed by atoms with Gasteiger partial charge in [0.2, 0.25) is 0 Å². The van der Waals surface area contributed by atoms with Crippen molar-refractivity contribution in [3.63, 3.8) is 0 Å². The summed E-state index contributed by atoms with van der Waals surface area (Å²) in [6.45, 7) is 2.33. The average Bonchev–Trinajstić information content (AvgIpc) is 2.45. The molecule has 1 aromatic carbocycles. The van der Waals surface area contributed by atoms with E-state index < -0.39 is 5.97 Å². The fourth-order valence-electron chi connectivity index (χ4n) is 3.13. The van der Waals surface area contributed by atoms with Crippen molar-refractivity contribution in [2.45, 2.75) is 38.6 Å². The molecule has 21 heavy (non-hydrogen) atoms. The van der Waals surface area contributed by atoms with Crippen LogP contribution in [0.2, 0.25) is 0 Å². The van der Waals surface area contributed by atoms with Crippen molar-refractivity contribution in [1.29, 1.82) is 0 Å². The lowest BCUT2D eigenvalue weighted by Gasteiger charge is -2.38. The van der Waals surface area contributed by atoms with Crippen LogP contribution in [0, 0.1) is 5.92 Å². The second-order valence-corrected chi connectivity index (χ2v) is 6.68. The van der Waals surface area contributed by atoms with Gasteiger partial charge in [0.1, 0.15) is 0 Å². The molecule has 1 aliphatic rings. The molecule has 0 radical (unpaired) electrons. The van der Waals surface area contributed by atoms with Crippen LogP contribution in [-0.2, 0) is 4.79 Å². The first-order valence-electron chi connectivity index (χ1n) is 7.42. The maximum atomic E-state index is 10.6. The molecule has 2 rings (SSSR count). The van der Waals surface area contributed by atoms with Crippen molar-refractivity contribution in [3.8, 4) is 0 Å². The molecule has 0 aliphatic heterocycles. The standard InChI is InChI=1S/C17H22BrNO2/c1-12-5-3-4-6-15(12)19(2)16-9-7-13(11-14(16)18)8-10-17(20)21/h7-12,15H,3-6H2,1-2H3,(H,20,21)/b10-8+. The van der Waals surface area contributed by atoms with Crippen LogP contribution in [-0.4, -0.2) is 24.2 Å². The van der Waals surface area contributed by atoms with Crippen LogP contribution in [0.25, 0.3) is 6.08 Å². The SMILES string of the molecule is CC1CCCCC1N(C)c1ccc(/C=C/C(=O)O)cc1Br. The van der Waals surface area contributed by atoms with Crippen LogP contribution in [0.1, 0.15) is 38.2 Å². The second kappa shape index (κ2) is 7.12. The van der Waals surface area contributed by atoms with Gasteiger partial charge in [-0.2, -0.15) is 0 Å². The highest BCUT2D eigenvalue weighted by molar-refractivity contribution is 9.10. The third kappa shape index (κ3) is 4.10. The minimum absolute atomic E-state index is 0.579. The Bertz CT molecular complexity index is 542. The van der Waals surface area contributed by atoms with Crippen molar-refractivity contribution in [1.82, 2.24) is 0 Å². The molecule has 114 valence electrons. The highest BCUT2D eigenvalue weighted by Gasteiger charge is 2.25. The number of carboxylic acid groups (broad SMARTS) is 1. The normalized spacial score (nSPS) is 22.4. The van der Waals surface area contributed by atoms with Crippen LogP contribution >= 0.6 is 15.9 Å². The number of benzene rings is 1. The summed E-state index contributed by atoms with van der Waals surface area (Å²) in [5, 5.41) is 8.68. The van der Waals surface area contributed by atoms with Crippen molar-refractivity contribution in [2.75, 3.05) is 11.9 Å². The molecule has 0 saturated heterocycles. The summed E-state index contributed by atoms with van der Waals surface area (Å²) in [5.41, 5.74) is 2.05. The Morgan fingerprint density at radius 2 is 2.10 bits per heavy atom. The Morgan fingerprint density at radius 3 is 2.71 bits per heavy atom. The van der Waals surface area contributed by atoms with E-state index in [2.05, 4.69) is 40.9 Å². The van der Waals surface area contributed by atoms with Crippen molar-refractivity contribution >= 4 is 33.7 Å². The van der Waals surface area contributed by atoms with E-state index in [-0.39, 0.29) is 0 Å². The van der Waals surface area contributed by atoms with Gasteiger partial charge in [0.15, 0.2) is 0 Å². The Balaban J connectivity index is 2.18. The number of carbonyl (C=O) groups is 1. The lowest BCUT2D eigenvalue weighted by Crippen LogP contribution is -2.39. The topological polar surface area (TPSA) is 40.5 Å². The molecule has 1 saturated carbocycles. The van der Waals surface area contributed by atoms with Gasteiger partial charge in [-0.25, -0.2) is 4.79 Å². The lowest BCUT2D eigenvalue weighted by molar-refractivity contribution is -0.131. The van der Waals surface area contributed by atoms with E-state index in [1.807, 2.05) is 12.1 Å². The van der Waals surface area contributed by atoms with E-state index >= 15 is 0 Å². The Morgan fingerprint density at radius 1 is 1.38 bits per heavy atom. The first-order chi connectivity index (χ1) is 9.99. The van der Waals surface area contributed by atoms with Gasteiger partial charge in [0.05, 0.1) is 5.69 Å². The van der Waals surface area contributed by atoms with Gasteiger partial charge in [-0.15, -0.1) is 0 Å². The predicted octanol–water partition coefficient (Wildman–Crippen LogP) is 4.56. The minimum Gasteiger partial charge on any atom is -0.478 e. The number of hydrogen-bond acceptors (Lipinski definition) is 2. The molecule has 0 aromatic heterocycles. The van der Waals surface area contributed by atoms with Gasteiger partial charge in [0.25, 0.3) is 0 Å². The molecular formula is C17H22BrNO2. The quantitative estimate of drug-likeness (QED) is 0.808. The average molecular weight is 352 g/mol. The Hall–Kier alpha value is -1.29. The number of anilines is 1. The molecule has 2 atom stereocenters. The summed E-state index contributed by atoms with van der Waals surface area (Å²) < 4.78 is 1.01. The van der Waals surface area contributed by atoms with Crippen LogP contribution in [0.15, 0.2) is 28.7 Å². The summed E-state index contributed by atoms with van der Waals surface area (Å²) in [5.74, 6) is -0.217. The molecule has 0 heterocycles. The molecule has 0 spiro atoms. The van der Waals surface area contributed by atoms with Gasteiger partial charge in [0, 0.05) is 23.6 Å². The summed E-state index contributed by atoms with van der Waals surface area (Å²) >= 11 is 3.62. The molecule has 1 fully saturated rings. The Labute approximate surface area is 134 Å². The summed E-state index contributed by atoms with van der Waals surface area (Å²) in [7, 11) is 2.15. The predicted molar refractivity (Wildman–Crippen MR) is 90.6 cm³/mol. The van der Waals surface area contributed by atoms with Gasteiger partial charge >= 0.3 is 5.97 Å². The molecule has 0 bridgehead atoms. The third-order valence-corrected chi connectivity index (χ3v) is 4.97. The fourth-order valence-corrected chi connectivity index (χ4v) is 3.81. The van der Waals surface area contributed by atoms with Gasteiger partial charge < -0.3 is 10.0 Å². The molecule has 4 heteroatoms. The molecule has 0 amide bonds. The van der Waals surface area contributed by atoms with Crippen LogP contribution in [0.3, 0.4) is 0 Å². The number of carboxylic acids is 1. The van der Waals surface area contributed by atoms with Gasteiger partial charge in [-0.3, -0.25) is 0 Å². The molecular weight excluding hydrogens is 330 g/mol. The lowest BCUT2D eigenvalue weighted by atomic mass is 9.85. The number of aliphatic carboxylic acids is 1. The minimum atomic E-state index is -0.927. The van der Waals surface area contributed by atoms with E-state index in [4.69, 9.17) is 5.11 Å². The monoisotopic (exact) mass is 351 g/mol. The number of rotatable bonds is 4. The van der Waals surface area contributed by atoms with Gasteiger partial charge in [-0.05, 0) is 58.5 Å². The maximum Gasteiger partial charge on any atom is 0.328 e. The van der Waals surface area contributed by atoms with E-state index in [1.54, 1.807) is 6.08 Å². The molecule has 2 unspecified atom stereocenters. The van der Waals surface area contributed by atoms with Crippen LogP contribution < -0.4 is 4.90 Å². The third-order valence-electron chi connectivity index (χ3n) is 4.33. The number of halogens is 1. The Kier molecular flexibility index (Phi) is 5.45. The number of hydrogen-bond donors (Lipinski definition) is 1. The molecule has 1 aliphatic carbocycles. The zero-order valence-electron chi connectivity index (χ0n) is 12.6. The summed E-state index contributed by atoms with van der Waals surface area (Å²) in [6, 6.07) is 6.57. The fraction of sp³-hybridized carbons (Fsp3) is 0.471. The van der Waals surface area contributed by atoms with Gasteiger partial charge in [-0.1, -0.05) is 25.8 Å². The first-order valence-corrected chi connectivity index (χ1v) is 8.21. The summed E-state index contributed by atoms with van der Waals surface area (Å²) in [4.78, 5) is 12.9. The van der Waals surface area contributed by atoms with Crippen molar-refractivity contribution in [3.05, 3.63) is 34.3 Å². The van der Waals surface area contributed by atoms with E-state index in [0.29, 0.717) is 12.0 Å². The zero-order valence-corrected chi connectivity index (χ0v) is 14.1. The van der Waals surface area contributed by atoms with E-state index in [1.165, 1.54) is 31.4 Å². The summed E-state index contributed by atoms with van der Waals surface area (Å²) in [6.07, 6.45) is 7.95. The van der Waals surface area contributed by atoms with Crippen molar-refractivity contribution in [2.24, 2.45) is 5.92 Å². The second-order valence-electron chi connectivity index (χ2n) is 5.82. The molecule has 1 aromatic rings.